The Bertz CT molecular complexity index is 21.2. The van der Waals surface area contributed by atoms with Crippen molar-refractivity contribution in [3.63, 3.8) is 0 Å². The third-order valence-corrected chi connectivity index (χ3v) is 2.03. The van der Waals surface area contributed by atoms with Gasteiger partial charge in [0, 0.05) is 0 Å². The Morgan fingerprint density at radius 1 is 1.80 bits per heavy atom. The van der Waals surface area contributed by atoms with Crippen molar-refractivity contribution in [2.24, 2.45) is 0 Å². The molecule has 1 heterocycles. The zero-order valence-electron chi connectivity index (χ0n) is 2.82. The van der Waals surface area contributed by atoms with Crippen molar-refractivity contribution < 1.29 is 3.76 Å². The maximum absolute atomic E-state index is 4.96. The van der Waals surface area contributed by atoms with E-state index in [0.717, 1.165) is 13.2 Å². The summed E-state index contributed by atoms with van der Waals surface area (Å²) in [5.41, 5.74) is 0. The van der Waals surface area contributed by atoms with Crippen LogP contribution in [0.1, 0.15) is 0 Å². The van der Waals surface area contributed by atoms with Crippen molar-refractivity contribution in [3.8, 4) is 0 Å². The van der Waals surface area contributed by atoms with Crippen LogP contribution in [0.2, 0.25) is 0 Å². The van der Waals surface area contributed by atoms with Gasteiger partial charge in [-0.25, -0.2) is 0 Å². The van der Waals surface area contributed by atoms with Crippen LogP contribution in [-0.2, 0) is 3.76 Å². The molecule has 1 saturated heterocycles. The first-order valence-corrected chi connectivity index (χ1v) is 3.50. The molecular weight excluding hydrogens is 127 g/mol. The van der Waals surface area contributed by atoms with E-state index in [1.54, 1.807) is 0 Å². The Balaban J connectivity index is 2.08. The van der Waals surface area contributed by atoms with Crippen molar-refractivity contribution in [2.45, 2.75) is 0 Å². The molecule has 0 aromatic heterocycles. The van der Waals surface area contributed by atoms with Gasteiger partial charge >= 0.3 is 37.2 Å². The molecule has 5 heavy (non-hydrogen) atoms. The van der Waals surface area contributed by atoms with Crippen LogP contribution >= 0.6 is 0 Å². The van der Waals surface area contributed by atoms with Crippen LogP contribution in [0.5, 0.6) is 0 Å². The van der Waals surface area contributed by atoms with E-state index in [9.17, 15) is 0 Å². The first kappa shape index (κ1) is 3.65. The van der Waals surface area contributed by atoms with E-state index in [0.29, 0.717) is 0 Å². The predicted octanol–water partition coefficient (Wildman–Crippen LogP) is -0.860. The molecule has 0 spiro atoms. The van der Waals surface area contributed by atoms with Gasteiger partial charge in [-0.15, -0.1) is 0 Å². The molecule has 0 bridgehead atoms. The fourth-order valence-electron chi connectivity index (χ4n) is 0.255. The van der Waals surface area contributed by atoms with Crippen molar-refractivity contribution in [1.82, 2.24) is 4.27 Å². The van der Waals surface area contributed by atoms with E-state index in [1.807, 2.05) is 0 Å². The third kappa shape index (κ3) is 0.907. The summed E-state index contributed by atoms with van der Waals surface area (Å²) in [6.07, 6.45) is 0. The van der Waals surface area contributed by atoms with Crippen LogP contribution in [-0.4, -0.2) is 29.1 Å². The van der Waals surface area contributed by atoms with Gasteiger partial charge in [0.2, 0.25) is 0 Å². The molecule has 0 aromatic rings. The standard InChI is InChI=1S/C2H5GeNO/c1-2-5-3-4-1/h4H,1-2H2. The average Bonchev–Trinajstić information content (AvgIpc) is 1.76. The Kier molecular flexibility index (Phi) is 1.31. The van der Waals surface area contributed by atoms with E-state index in [-0.39, 0.29) is 16.0 Å². The summed E-state index contributed by atoms with van der Waals surface area (Å²) in [6, 6.07) is 0. The second kappa shape index (κ2) is 1.79. The van der Waals surface area contributed by atoms with Crippen LogP contribution in [0, 0.1) is 0 Å². The van der Waals surface area contributed by atoms with Gasteiger partial charge in [0.05, 0.1) is 0 Å². The molecule has 0 unspecified atom stereocenters. The molecule has 2 nitrogen and oxygen atoms in total. The van der Waals surface area contributed by atoms with E-state index in [1.165, 1.54) is 0 Å². The van der Waals surface area contributed by atoms with Gasteiger partial charge in [-0.1, -0.05) is 0 Å². The molecule has 0 amide bonds. The summed E-state index contributed by atoms with van der Waals surface area (Å²) in [5, 5.41) is 0. The molecule has 0 saturated carbocycles. The second-order valence-corrected chi connectivity index (χ2v) is 2.65. The normalized spacial score (nSPS) is 24.0. The zero-order chi connectivity index (χ0) is 3.54. The topological polar surface area (TPSA) is 21.3 Å². The summed E-state index contributed by atoms with van der Waals surface area (Å²) < 4.78 is 8.08. The van der Waals surface area contributed by atoms with Crippen LogP contribution in [0.4, 0.5) is 0 Å². The maximum atomic E-state index is 4.96. The first-order chi connectivity index (χ1) is 2.50. The molecule has 2 radical (unpaired) electrons. The Hall–Kier alpha value is 0.463. The van der Waals surface area contributed by atoms with Gasteiger partial charge < -0.3 is 0 Å². The number of rotatable bonds is 0. The van der Waals surface area contributed by atoms with Crippen LogP contribution in [0.3, 0.4) is 0 Å². The van der Waals surface area contributed by atoms with Gasteiger partial charge in [-0.05, 0) is 0 Å². The third-order valence-electron chi connectivity index (χ3n) is 0.473. The molecule has 1 aliphatic heterocycles. The van der Waals surface area contributed by atoms with Crippen LogP contribution in [0.15, 0.2) is 0 Å². The molecule has 3 heteroatoms. The number of hydrogen-bond acceptors (Lipinski definition) is 2. The Labute approximate surface area is 37.9 Å². The molecule has 1 N–H and O–H groups in total. The van der Waals surface area contributed by atoms with Crippen molar-refractivity contribution in [1.29, 1.82) is 0 Å². The quantitative estimate of drug-likeness (QED) is 0.432. The van der Waals surface area contributed by atoms with Gasteiger partial charge in [-0.2, -0.15) is 0 Å². The average molecular weight is 132 g/mol. The van der Waals surface area contributed by atoms with E-state index in [4.69, 9.17) is 3.76 Å². The molecule has 0 aliphatic carbocycles. The fraction of sp³-hybridized carbons (Fsp3) is 1.00. The van der Waals surface area contributed by atoms with Crippen molar-refractivity contribution in [2.75, 3.05) is 13.2 Å². The molecular formula is C2H5GeNO. The van der Waals surface area contributed by atoms with Gasteiger partial charge in [-0.3, -0.25) is 0 Å². The fourth-order valence-corrected chi connectivity index (χ4v) is 1.33. The molecule has 0 aromatic carbocycles. The van der Waals surface area contributed by atoms with Crippen LogP contribution in [0.25, 0.3) is 0 Å². The summed E-state index contributed by atoms with van der Waals surface area (Å²) >= 11 is -0.111. The minimum atomic E-state index is -0.111. The van der Waals surface area contributed by atoms with E-state index >= 15 is 0 Å². The second-order valence-electron chi connectivity index (χ2n) is 0.877. The minimum absolute atomic E-state index is 0.111. The molecule has 28 valence electrons. The number of hydrogen-bond donors (Lipinski definition) is 1. The monoisotopic (exact) mass is 133 g/mol. The van der Waals surface area contributed by atoms with Crippen LogP contribution < -0.4 is 4.27 Å². The summed E-state index contributed by atoms with van der Waals surface area (Å²) in [7, 11) is 0. The molecule has 0 atom stereocenters. The van der Waals surface area contributed by atoms with E-state index in [2.05, 4.69) is 4.27 Å². The Morgan fingerprint density at radius 3 is 3.00 bits per heavy atom. The van der Waals surface area contributed by atoms with Gasteiger partial charge in [0.25, 0.3) is 0 Å². The summed E-state index contributed by atoms with van der Waals surface area (Å²) in [4.78, 5) is 0. The molecule has 1 fully saturated rings. The molecule has 1 aliphatic rings. The van der Waals surface area contributed by atoms with E-state index < -0.39 is 0 Å². The predicted molar refractivity (Wildman–Crippen MR) is 19.7 cm³/mol. The van der Waals surface area contributed by atoms with Crippen molar-refractivity contribution >= 4 is 16.0 Å². The number of nitrogens with one attached hydrogen (secondary N) is 1. The summed E-state index contributed by atoms with van der Waals surface area (Å²) in [6.45, 7) is 2.03. The first-order valence-electron chi connectivity index (χ1n) is 1.60. The zero-order valence-corrected chi connectivity index (χ0v) is 4.92. The van der Waals surface area contributed by atoms with Gasteiger partial charge in [0.1, 0.15) is 0 Å². The SMILES string of the molecule is C1C[O][Ge][NH]1. The van der Waals surface area contributed by atoms with Gasteiger partial charge in [0.15, 0.2) is 0 Å². The Morgan fingerprint density at radius 2 is 2.80 bits per heavy atom. The van der Waals surface area contributed by atoms with Crippen molar-refractivity contribution in [3.05, 3.63) is 0 Å². The summed E-state index contributed by atoms with van der Waals surface area (Å²) in [5.74, 6) is 0. The molecule has 1 rings (SSSR count).